The zero-order valence-electron chi connectivity index (χ0n) is 28.6. The number of pyridine rings is 1. The molecule has 3 heterocycles. The number of phenols is 1. The molecule has 1 aliphatic heterocycles. The highest BCUT2D eigenvalue weighted by atomic mass is 16.5. The molecule has 5 aromatic rings. The first-order valence-electron chi connectivity index (χ1n) is 17.9. The first-order chi connectivity index (χ1) is 24.9. The van der Waals surface area contributed by atoms with Gasteiger partial charge in [0.25, 0.3) is 5.91 Å². The molecule has 1 aliphatic carbocycles. The lowest BCUT2D eigenvalue weighted by Gasteiger charge is -2.34. The van der Waals surface area contributed by atoms with Crippen molar-refractivity contribution in [1.29, 1.82) is 0 Å². The van der Waals surface area contributed by atoms with Crippen LogP contribution in [0, 0.1) is 0 Å². The van der Waals surface area contributed by atoms with Crippen LogP contribution < -0.4 is 26.4 Å². The minimum absolute atomic E-state index is 0.181. The van der Waals surface area contributed by atoms with E-state index in [0.29, 0.717) is 30.5 Å². The number of aryl methyl sites for hydroxylation is 1. The minimum Gasteiger partial charge on any atom is -0.508 e. The summed E-state index contributed by atoms with van der Waals surface area (Å²) in [6.45, 7) is 3.06. The number of phenolic OH excluding ortho intramolecular Hbond substituents is 1. The Kier molecular flexibility index (Phi) is 10.4. The van der Waals surface area contributed by atoms with Crippen LogP contribution in [0.5, 0.6) is 11.5 Å². The topological polar surface area (TPSA) is 139 Å². The lowest BCUT2D eigenvalue weighted by Crippen LogP contribution is -2.44. The van der Waals surface area contributed by atoms with Gasteiger partial charge < -0.3 is 20.5 Å². The van der Waals surface area contributed by atoms with Gasteiger partial charge in [-0.05, 0) is 104 Å². The number of carbonyl (C=O) groups excluding carboxylic acids is 2. The number of ether oxygens (including phenoxy) is 1. The Morgan fingerprint density at radius 1 is 0.843 bits per heavy atom. The van der Waals surface area contributed by atoms with Gasteiger partial charge in [-0.15, -0.1) is 5.10 Å². The fourth-order valence-corrected chi connectivity index (χ4v) is 7.41. The number of piperidine rings is 1. The van der Waals surface area contributed by atoms with Gasteiger partial charge in [0, 0.05) is 43.4 Å². The lowest BCUT2D eigenvalue weighted by atomic mass is 9.69. The zero-order valence-corrected chi connectivity index (χ0v) is 28.6. The maximum atomic E-state index is 12.8. The van der Waals surface area contributed by atoms with E-state index in [2.05, 4.69) is 81.7 Å². The molecule has 51 heavy (non-hydrogen) atoms. The Morgan fingerprint density at radius 2 is 1.69 bits per heavy atom. The summed E-state index contributed by atoms with van der Waals surface area (Å²) in [6.07, 6.45) is 7.16. The highest BCUT2D eigenvalue weighted by Crippen LogP contribution is 2.47. The largest absolute Gasteiger partial charge is 0.508 e. The molecule has 2 amide bonds. The molecule has 1 fully saturated rings. The van der Waals surface area contributed by atoms with Crippen molar-refractivity contribution in [2.24, 2.45) is 0 Å². The molecule has 1 unspecified atom stereocenters. The maximum Gasteiger partial charge on any atom is 0.351 e. The summed E-state index contributed by atoms with van der Waals surface area (Å²) < 4.78 is 8.66. The Bertz CT molecular complexity index is 2040. The fourth-order valence-electron chi connectivity index (χ4n) is 7.41. The Morgan fingerprint density at radius 3 is 2.51 bits per heavy atom. The number of carbonyl (C=O) groups is 2. The quantitative estimate of drug-likeness (QED) is 0.0912. The average molecular weight is 689 g/mol. The van der Waals surface area contributed by atoms with Crippen molar-refractivity contribution in [3.8, 4) is 11.5 Å². The van der Waals surface area contributed by atoms with Crippen LogP contribution in [0.2, 0.25) is 0 Å². The number of aromatic nitrogens is 3. The van der Waals surface area contributed by atoms with Gasteiger partial charge in [-0.2, -0.15) is 4.68 Å². The smallest absolute Gasteiger partial charge is 0.351 e. The molecule has 0 spiro atoms. The molecule has 2 aromatic heterocycles. The van der Waals surface area contributed by atoms with Crippen molar-refractivity contribution in [2.45, 2.75) is 62.8 Å². The molecule has 11 heteroatoms. The number of unbranched alkanes of at least 4 members (excludes halogenated alkanes) is 2. The number of aromatic hydroxyl groups is 1. The second-order valence-corrected chi connectivity index (χ2v) is 13.4. The summed E-state index contributed by atoms with van der Waals surface area (Å²) in [7, 11) is 0. The summed E-state index contributed by atoms with van der Waals surface area (Å²) >= 11 is 0. The van der Waals surface area contributed by atoms with Gasteiger partial charge in [0.2, 0.25) is 5.91 Å². The molecule has 2 aliphatic rings. The predicted octanol–water partition coefficient (Wildman–Crippen LogP) is 5.29. The van der Waals surface area contributed by atoms with Gasteiger partial charge in [-0.1, -0.05) is 48.5 Å². The first-order valence-corrected chi connectivity index (χ1v) is 17.9. The number of hydrogen-bond acceptors (Lipinski definition) is 8. The SMILES string of the molecule is O=C1CCC(n2nc3cc(NCCNCCCCCOc4ccc([C@@H]5c6ccc(O)cc6CC[C@@H]5c5ccccc5)cc4)ccn3c2=O)C(=O)N1. The van der Waals surface area contributed by atoms with Gasteiger partial charge in [0.15, 0.2) is 5.65 Å². The molecule has 4 N–H and O–H groups in total. The number of nitrogens with one attached hydrogen (secondary N) is 3. The van der Waals surface area contributed by atoms with Crippen molar-refractivity contribution in [3.05, 3.63) is 124 Å². The number of fused-ring (bicyclic) bond motifs is 2. The standard InChI is InChI=1S/C40H44N6O5/c47-31-12-16-34-29(25-31)11-15-33(27-7-3-1-4-8-27)38(34)28-9-13-32(14-10-28)51-24-6-2-5-20-41-21-22-42-30-19-23-45-36(26-30)44-46(40(45)50)35-17-18-37(48)43-39(35)49/h1,3-4,7-10,12-14,16,19,23,25-26,33,35,38,41-42,47H,2,5-6,11,15,17-18,20-22,24H2,(H,43,48,49)/t33-,35?,38+/m1/s1. The van der Waals surface area contributed by atoms with Gasteiger partial charge in [0.1, 0.15) is 17.5 Å². The van der Waals surface area contributed by atoms with Gasteiger partial charge in [0.05, 0.1) is 6.61 Å². The van der Waals surface area contributed by atoms with Crippen LogP contribution in [-0.4, -0.2) is 57.3 Å². The van der Waals surface area contributed by atoms with E-state index >= 15 is 0 Å². The first kappa shape index (κ1) is 34.0. The van der Waals surface area contributed by atoms with Gasteiger partial charge in [-0.25, -0.2) is 4.79 Å². The highest BCUT2D eigenvalue weighted by Gasteiger charge is 2.33. The van der Waals surface area contributed by atoms with Crippen molar-refractivity contribution < 1.29 is 19.4 Å². The van der Waals surface area contributed by atoms with E-state index in [0.717, 1.165) is 61.3 Å². The number of amides is 2. The van der Waals surface area contributed by atoms with E-state index in [4.69, 9.17) is 4.74 Å². The summed E-state index contributed by atoms with van der Waals surface area (Å²) in [5, 5.41) is 23.6. The van der Waals surface area contributed by atoms with E-state index in [1.54, 1.807) is 18.3 Å². The molecule has 11 nitrogen and oxygen atoms in total. The van der Waals surface area contributed by atoms with E-state index in [1.807, 2.05) is 12.1 Å². The molecular formula is C40H44N6O5. The van der Waals surface area contributed by atoms with E-state index in [1.165, 1.54) is 26.7 Å². The third kappa shape index (κ3) is 7.83. The third-order valence-electron chi connectivity index (χ3n) is 10.0. The van der Waals surface area contributed by atoms with Crippen LogP contribution in [0.4, 0.5) is 5.69 Å². The maximum absolute atomic E-state index is 12.8. The lowest BCUT2D eigenvalue weighted by molar-refractivity contribution is -0.136. The van der Waals surface area contributed by atoms with E-state index in [-0.39, 0.29) is 24.7 Å². The minimum atomic E-state index is -0.786. The number of benzene rings is 3. The van der Waals surface area contributed by atoms with Crippen molar-refractivity contribution in [1.82, 2.24) is 24.8 Å². The molecule has 0 saturated carbocycles. The third-order valence-corrected chi connectivity index (χ3v) is 10.0. The van der Waals surface area contributed by atoms with Crippen LogP contribution in [0.15, 0.2) is 95.9 Å². The van der Waals surface area contributed by atoms with Crippen LogP contribution in [0.1, 0.15) is 78.7 Å². The van der Waals surface area contributed by atoms with Crippen molar-refractivity contribution >= 4 is 23.1 Å². The summed E-state index contributed by atoms with van der Waals surface area (Å²) in [4.78, 5) is 36.5. The van der Waals surface area contributed by atoms with Gasteiger partial charge >= 0.3 is 5.69 Å². The second-order valence-electron chi connectivity index (χ2n) is 13.4. The van der Waals surface area contributed by atoms with Crippen LogP contribution >= 0.6 is 0 Å². The van der Waals surface area contributed by atoms with Crippen molar-refractivity contribution in [2.75, 3.05) is 31.6 Å². The molecule has 264 valence electrons. The molecule has 3 aromatic carbocycles. The van der Waals surface area contributed by atoms with Crippen molar-refractivity contribution in [3.63, 3.8) is 0 Å². The second kappa shape index (κ2) is 15.6. The van der Waals surface area contributed by atoms with Gasteiger partial charge in [-0.3, -0.25) is 19.3 Å². The number of imide groups is 1. The molecule has 3 atom stereocenters. The Hall–Kier alpha value is -5.42. The summed E-state index contributed by atoms with van der Waals surface area (Å²) in [5.74, 6) is 0.977. The molecular weight excluding hydrogens is 644 g/mol. The van der Waals surface area contributed by atoms with E-state index < -0.39 is 17.6 Å². The number of hydrogen-bond donors (Lipinski definition) is 4. The van der Waals surface area contributed by atoms with E-state index in [9.17, 15) is 19.5 Å². The zero-order chi connectivity index (χ0) is 35.2. The normalized spacial score (nSPS) is 18.7. The predicted molar refractivity (Wildman–Crippen MR) is 195 cm³/mol. The highest BCUT2D eigenvalue weighted by molar-refractivity contribution is 5.99. The summed E-state index contributed by atoms with van der Waals surface area (Å²) in [5.41, 5.74) is 6.00. The Labute approximate surface area is 296 Å². The monoisotopic (exact) mass is 688 g/mol. The molecule has 0 radical (unpaired) electrons. The average Bonchev–Trinajstić information content (AvgIpc) is 3.47. The Balaban J connectivity index is 0.820. The van der Waals surface area contributed by atoms with Crippen LogP contribution in [-0.2, 0) is 16.0 Å². The molecule has 0 bridgehead atoms. The molecule has 1 saturated heterocycles. The van der Waals surface area contributed by atoms with Crippen LogP contribution in [0.25, 0.3) is 5.65 Å². The fraction of sp³-hybridized carbons (Fsp3) is 0.350. The number of anilines is 1. The summed E-state index contributed by atoms with van der Waals surface area (Å²) in [6, 6.07) is 27.9. The number of rotatable bonds is 14. The van der Waals surface area contributed by atoms with Crippen LogP contribution in [0.3, 0.4) is 0 Å². The molecule has 7 rings (SSSR count). The number of nitrogens with zero attached hydrogens (tertiary/aromatic N) is 3.